The van der Waals surface area contributed by atoms with E-state index in [0.717, 1.165) is 37.4 Å². The van der Waals surface area contributed by atoms with E-state index in [-0.39, 0.29) is 28.3 Å². The molecule has 1 saturated heterocycles. The Hall–Kier alpha value is -3.96. The van der Waals surface area contributed by atoms with Crippen LogP contribution in [0.5, 0.6) is 17.2 Å². The molecule has 0 aliphatic carbocycles. The highest BCUT2D eigenvalue weighted by atomic mass is 35.5. The Morgan fingerprint density at radius 1 is 1.03 bits per heavy atom. The van der Waals surface area contributed by atoms with Crippen molar-refractivity contribution in [3.63, 3.8) is 0 Å². The first-order valence-corrected chi connectivity index (χ1v) is 12.1. The molecule has 0 bridgehead atoms. The summed E-state index contributed by atoms with van der Waals surface area (Å²) >= 11 is 6.33. The Morgan fingerprint density at radius 3 is 2.38 bits per heavy atom. The second-order valence-electron chi connectivity index (χ2n) is 8.52. The number of benzene rings is 2. The molecule has 5 N–H and O–H groups in total. The number of hydrogen-bond donors (Lipinski definition) is 4. The number of methoxy groups -OCH3 is 2. The number of urea groups is 1. The average molecular weight is 528 g/mol. The maximum Gasteiger partial charge on any atom is 0.324 e. The third kappa shape index (κ3) is 6.63. The van der Waals surface area contributed by atoms with Crippen LogP contribution in [-0.2, 0) is 0 Å². The summed E-state index contributed by atoms with van der Waals surface area (Å²) in [6, 6.07) is 10.2. The SMILES string of the molecule is COc1cc(OC)c(Cl)c(NC(=O)Nc2cc(Nc3ccc(OC4CCN(C)CC4)cc3)ncn2)c1N. The molecule has 0 unspecified atom stereocenters. The van der Waals surface area contributed by atoms with Crippen LogP contribution in [0.1, 0.15) is 12.8 Å². The molecule has 11 nitrogen and oxygen atoms in total. The molecule has 1 aromatic heterocycles. The van der Waals surface area contributed by atoms with Crippen molar-refractivity contribution in [3.8, 4) is 17.2 Å². The van der Waals surface area contributed by atoms with Crippen LogP contribution in [0.4, 0.5) is 33.5 Å². The highest BCUT2D eigenvalue weighted by Gasteiger charge is 2.19. The summed E-state index contributed by atoms with van der Waals surface area (Å²) in [6.07, 6.45) is 3.61. The fourth-order valence-corrected chi connectivity index (χ4v) is 4.16. The summed E-state index contributed by atoms with van der Waals surface area (Å²) in [6.45, 7) is 2.08. The van der Waals surface area contributed by atoms with Crippen LogP contribution >= 0.6 is 11.6 Å². The molecule has 2 amide bonds. The predicted molar refractivity (Wildman–Crippen MR) is 145 cm³/mol. The van der Waals surface area contributed by atoms with Crippen molar-refractivity contribution in [2.75, 3.05) is 56.0 Å². The lowest BCUT2D eigenvalue weighted by Gasteiger charge is -2.29. The van der Waals surface area contributed by atoms with E-state index in [4.69, 9.17) is 31.5 Å². The maximum absolute atomic E-state index is 12.7. The van der Waals surface area contributed by atoms with Crippen molar-refractivity contribution in [2.45, 2.75) is 18.9 Å². The predicted octanol–water partition coefficient (Wildman–Crippen LogP) is 4.59. The Bertz CT molecular complexity index is 1210. The fourth-order valence-electron chi connectivity index (χ4n) is 3.88. The molecule has 2 heterocycles. The molecular weight excluding hydrogens is 498 g/mol. The normalized spacial score (nSPS) is 14.1. The van der Waals surface area contributed by atoms with Crippen LogP contribution in [0.25, 0.3) is 0 Å². The zero-order valence-electron chi connectivity index (χ0n) is 20.9. The van der Waals surface area contributed by atoms with Crippen LogP contribution in [0.3, 0.4) is 0 Å². The zero-order chi connectivity index (χ0) is 26.4. The quantitative estimate of drug-likeness (QED) is 0.310. The number of aromatic nitrogens is 2. The van der Waals surface area contributed by atoms with Crippen molar-refractivity contribution in [1.29, 1.82) is 0 Å². The van der Waals surface area contributed by atoms with E-state index in [1.807, 2.05) is 24.3 Å². The van der Waals surface area contributed by atoms with Gasteiger partial charge in [-0.25, -0.2) is 14.8 Å². The first-order chi connectivity index (χ1) is 17.9. The first-order valence-electron chi connectivity index (χ1n) is 11.7. The van der Waals surface area contributed by atoms with Gasteiger partial charge in [0.2, 0.25) is 0 Å². The first kappa shape index (κ1) is 26.1. The third-order valence-corrected chi connectivity index (χ3v) is 6.29. The Labute approximate surface area is 220 Å². The highest BCUT2D eigenvalue weighted by molar-refractivity contribution is 6.36. The monoisotopic (exact) mass is 527 g/mol. The number of likely N-dealkylation sites (tertiary alicyclic amines) is 1. The third-order valence-electron chi connectivity index (χ3n) is 5.91. The van der Waals surface area contributed by atoms with E-state index in [9.17, 15) is 4.79 Å². The van der Waals surface area contributed by atoms with Crippen molar-refractivity contribution in [2.24, 2.45) is 0 Å². The van der Waals surface area contributed by atoms with E-state index in [1.54, 1.807) is 6.07 Å². The van der Waals surface area contributed by atoms with Gasteiger partial charge in [-0.05, 0) is 44.2 Å². The van der Waals surface area contributed by atoms with Gasteiger partial charge >= 0.3 is 6.03 Å². The van der Waals surface area contributed by atoms with Gasteiger partial charge in [-0.1, -0.05) is 11.6 Å². The van der Waals surface area contributed by atoms with Gasteiger partial charge in [-0.2, -0.15) is 0 Å². The molecule has 0 radical (unpaired) electrons. The largest absolute Gasteiger partial charge is 0.495 e. The lowest BCUT2D eigenvalue weighted by molar-refractivity contribution is 0.114. The minimum absolute atomic E-state index is 0.143. The number of hydrogen-bond acceptors (Lipinski definition) is 9. The van der Waals surface area contributed by atoms with Crippen molar-refractivity contribution >= 4 is 46.3 Å². The molecule has 196 valence electrons. The van der Waals surface area contributed by atoms with Gasteiger partial charge in [-0.15, -0.1) is 0 Å². The van der Waals surface area contributed by atoms with Gasteiger partial charge in [0.1, 0.15) is 46.3 Å². The van der Waals surface area contributed by atoms with Gasteiger partial charge in [-0.3, -0.25) is 5.32 Å². The average Bonchev–Trinajstić information content (AvgIpc) is 2.89. The van der Waals surface area contributed by atoms with Gasteiger partial charge in [0.05, 0.1) is 25.6 Å². The van der Waals surface area contributed by atoms with Crippen molar-refractivity contribution in [3.05, 3.63) is 47.7 Å². The van der Waals surface area contributed by atoms with Gasteiger partial charge < -0.3 is 35.5 Å². The van der Waals surface area contributed by atoms with Crippen molar-refractivity contribution in [1.82, 2.24) is 14.9 Å². The number of carbonyl (C=O) groups is 1. The summed E-state index contributed by atoms with van der Waals surface area (Å²) in [5.41, 5.74) is 7.22. The molecule has 1 fully saturated rings. The number of ether oxygens (including phenoxy) is 3. The van der Waals surface area contributed by atoms with Crippen LogP contribution in [-0.4, -0.2) is 61.4 Å². The van der Waals surface area contributed by atoms with Crippen LogP contribution in [0, 0.1) is 0 Å². The summed E-state index contributed by atoms with van der Waals surface area (Å²) in [7, 11) is 5.03. The number of rotatable bonds is 8. The lowest BCUT2D eigenvalue weighted by Crippen LogP contribution is -2.35. The number of nitrogens with two attached hydrogens (primary N) is 1. The van der Waals surface area contributed by atoms with Gasteiger partial charge in [0.25, 0.3) is 0 Å². The number of piperidine rings is 1. The van der Waals surface area contributed by atoms with Gasteiger partial charge in [0, 0.05) is 30.9 Å². The highest BCUT2D eigenvalue weighted by Crippen LogP contribution is 2.43. The van der Waals surface area contributed by atoms with Crippen LogP contribution < -0.4 is 35.9 Å². The standard InChI is InChI=1S/C25H30ClN7O4/c1-33-10-8-17(9-11-33)37-16-6-4-15(5-7-16)30-20-13-21(29-14-28-20)31-25(34)32-24-22(26)18(35-2)12-19(36-3)23(24)27/h4-7,12-14,17H,8-11,27H2,1-3H3,(H3,28,29,30,31,32,34). The zero-order valence-corrected chi connectivity index (χ0v) is 21.6. The van der Waals surface area contributed by atoms with E-state index in [0.29, 0.717) is 17.3 Å². The molecule has 0 saturated carbocycles. The smallest absolute Gasteiger partial charge is 0.324 e. The Kier molecular flexibility index (Phi) is 8.36. The summed E-state index contributed by atoms with van der Waals surface area (Å²) in [4.78, 5) is 23.3. The summed E-state index contributed by atoms with van der Waals surface area (Å²) in [5, 5.41) is 8.60. The van der Waals surface area contributed by atoms with Crippen LogP contribution in [0.15, 0.2) is 42.7 Å². The number of carbonyl (C=O) groups excluding carboxylic acids is 1. The second kappa shape index (κ2) is 11.8. The van der Waals surface area contributed by atoms with Crippen LogP contribution in [0.2, 0.25) is 5.02 Å². The van der Waals surface area contributed by atoms with E-state index in [1.165, 1.54) is 26.6 Å². The molecule has 37 heavy (non-hydrogen) atoms. The molecule has 1 aliphatic heterocycles. The second-order valence-corrected chi connectivity index (χ2v) is 8.90. The number of halogens is 1. The molecule has 0 spiro atoms. The van der Waals surface area contributed by atoms with Crippen molar-refractivity contribution < 1.29 is 19.0 Å². The molecule has 1 aliphatic rings. The fraction of sp³-hybridized carbons (Fsp3) is 0.320. The Balaban J connectivity index is 1.37. The minimum Gasteiger partial charge on any atom is -0.495 e. The molecule has 12 heteroatoms. The summed E-state index contributed by atoms with van der Waals surface area (Å²) in [5.74, 6) is 2.21. The maximum atomic E-state index is 12.7. The van der Waals surface area contributed by atoms with E-state index >= 15 is 0 Å². The molecule has 4 rings (SSSR count). The number of nitrogen functional groups attached to an aromatic ring is 1. The minimum atomic E-state index is -0.607. The Morgan fingerprint density at radius 2 is 1.70 bits per heavy atom. The van der Waals surface area contributed by atoms with E-state index < -0.39 is 6.03 Å². The number of nitrogens with zero attached hydrogens (tertiary/aromatic N) is 3. The molecule has 0 atom stereocenters. The van der Waals surface area contributed by atoms with Gasteiger partial charge in [0.15, 0.2) is 0 Å². The lowest BCUT2D eigenvalue weighted by atomic mass is 10.1. The topological polar surface area (TPSA) is 136 Å². The summed E-state index contributed by atoms with van der Waals surface area (Å²) < 4.78 is 16.6. The molecular formula is C25H30ClN7O4. The number of amides is 2. The number of anilines is 5. The molecule has 3 aromatic rings. The molecule has 2 aromatic carbocycles. The van der Waals surface area contributed by atoms with E-state index in [2.05, 4.69) is 37.9 Å². The number of nitrogens with one attached hydrogen (secondary N) is 3.